The molecule has 0 saturated carbocycles. The Kier molecular flexibility index (Phi) is 6.76. The predicted molar refractivity (Wildman–Crippen MR) is 105 cm³/mol. The first kappa shape index (κ1) is 19.9. The van der Waals surface area contributed by atoms with Gasteiger partial charge in [-0.05, 0) is 54.3 Å². The standard InChI is InChI=1S/C19H25N3O3S/c1-14(2)13-19(23)22-17-7-5-16(6-8-17)21-12-11-15-3-9-18(10-4-15)26(20,24)25/h3-10,14,21H,11-13H2,1-2H3,(H,22,23)(H2,20,24,25). The van der Waals surface area contributed by atoms with Crippen molar-refractivity contribution in [2.75, 3.05) is 17.2 Å². The number of carbonyl (C=O) groups excluding carboxylic acids is 1. The number of anilines is 2. The molecule has 0 aliphatic heterocycles. The molecule has 7 heteroatoms. The number of sulfonamides is 1. The van der Waals surface area contributed by atoms with Gasteiger partial charge in [0.05, 0.1) is 4.90 Å². The molecule has 2 aromatic carbocycles. The highest BCUT2D eigenvalue weighted by Gasteiger charge is 2.07. The monoisotopic (exact) mass is 375 g/mol. The fourth-order valence-corrected chi connectivity index (χ4v) is 2.97. The molecule has 0 aliphatic rings. The van der Waals surface area contributed by atoms with Crippen LogP contribution in [-0.4, -0.2) is 20.9 Å². The highest BCUT2D eigenvalue weighted by molar-refractivity contribution is 7.89. The van der Waals surface area contributed by atoms with E-state index in [1.165, 1.54) is 12.1 Å². The molecule has 0 fully saturated rings. The normalized spacial score (nSPS) is 11.4. The van der Waals surface area contributed by atoms with Crippen LogP contribution in [0.1, 0.15) is 25.8 Å². The lowest BCUT2D eigenvalue weighted by atomic mass is 10.1. The van der Waals surface area contributed by atoms with Crippen molar-refractivity contribution in [1.82, 2.24) is 0 Å². The minimum Gasteiger partial charge on any atom is -0.385 e. The lowest BCUT2D eigenvalue weighted by molar-refractivity contribution is -0.116. The van der Waals surface area contributed by atoms with E-state index in [1.807, 2.05) is 38.1 Å². The number of rotatable bonds is 8. The van der Waals surface area contributed by atoms with Crippen LogP contribution < -0.4 is 15.8 Å². The first-order valence-corrected chi connectivity index (χ1v) is 10.0. The molecule has 2 aromatic rings. The smallest absolute Gasteiger partial charge is 0.238 e. The van der Waals surface area contributed by atoms with Gasteiger partial charge in [-0.2, -0.15) is 0 Å². The molecular formula is C19H25N3O3S. The van der Waals surface area contributed by atoms with Gasteiger partial charge < -0.3 is 10.6 Å². The molecule has 1 amide bonds. The third-order valence-electron chi connectivity index (χ3n) is 3.76. The number of primary sulfonamides is 1. The summed E-state index contributed by atoms with van der Waals surface area (Å²) in [7, 11) is -3.65. The van der Waals surface area contributed by atoms with Crippen LogP contribution in [0, 0.1) is 5.92 Å². The first-order valence-electron chi connectivity index (χ1n) is 8.49. The number of hydrogen-bond donors (Lipinski definition) is 3. The molecule has 140 valence electrons. The van der Waals surface area contributed by atoms with Crippen molar-refractivity contribution in [2.45, 2.75) is 31.6 Å². The largest absolute Gasteiger partial charge is 0.385 e. The van der Waals surface area contributed by atoms with E-state index >= 15 is 0 Å². The third kappa shape index (κ3) is 6.50. The number of carbonyl (C=O) groups is 1. The maximum atomic E-state index is 11.8. The molecule has 0 spiro atoms. The zero-order valence-corrected chi connectivity index (χ0v) is 15.8. The Labute approximate surface area is 154 Å². The van der Waals surface area contributed by atoms with Gasteiger partial charge in [0.15, 0.2) is 0 Å². The van der Waals surface area contributed by atoms with Crippen LogP contribution in [0.15, 0.2) is 53.4 Å². The fourth-order valence-electron chi connectivity index (χ4n) is 2.45. The van der Waals surface area contributed by atoms with Crippen molar-refractivity contribution in [3.63, 3.8) is 0 Å². The summed E-state index contributed by atoms with van der Waals surface area (Å²) in [5.41, 5.74) is 2.75. The van der Waals surface area contributed by atoms with Gasteiger partial charge in [0.2, 0.25) is 15.9 Å². The molecule has 4 N–H and O–H groups in total. The van der Waals surface area contributed by atoms with Gasteiger partial charge >= 0.3 is 0 Å². The van der Waals surface area contributed by atoms with Crippen molar-refractivity contribution in [3.05, 3.63) is 54.1 Å². The van der Waals surface area contributed by atoms with Gasteiger partial charge in [0.1, 0.15) is 0 Å². The molecular weight excluding hydrogens is 350 g/mol. The first-order chi connectivity index (χ1) is 12.2. The van der Waals surface area contributed by atoms with E-state index in [2.05, 4.69) is 10.6 Å². The van der Waals surface area contributed by atoms with Gasteiger partial charge in [-0.25, -0.2) is 13.6 Å². The van der Waals surface area contributed by atoms with Crippen LogP contribution in [0.3, 0.4) is 0 Å². The van der Waals surface area contributed by atoms with Crippen molar-refractivity contribution >= 4 is 27.3 Å². The number of hydrogen-bond acceptors (Lipinski definition) is 4. The number of benzene rings is 2. The van der Waals surface area contributed by atoms with Crippen molar-refractivity contribution in [3.8, 4) is 0 Å². The number of amides is 1. The van der Waals surface area contributed by atoms with E-state index in [0.29, 0.717) is 18.9 Å². The van der Waals surface area contributed by atoms with Crippen LogP contribution in [0.2, 0.25) is 0 Å². The Morgan fingerprint density at radius 3 is 2.12 bits per heavy atom. The molecule has 2 rings (SSSR count). The molecule has 0 heterocycles. The van der Waals surface area contributed by atoms with Gasteiger partial charge in [-0.3, -0.25) is 4.79 Å². The topological polar surface area (TPSA) is 101 Å². The van der Waals surface area contributed by atoms with Crippen LogP contribution in [0.5, 0.6) is 0 Å². The number of nitrogens with one attached hydrogen (secondary N) is 2. The average molecular weight is 375 g/mol. The maximum absolute atomic E-state index is 11.8. The Bertz CT molecular complexity index is 829. The van der Waals surface area contributed by atoms with Crippen LogP contribution in [0.25, 0.3) is 0 Å². The zero-order valence-electron chi connectivity index (χ0n) is 15.0. The van der Waals surface area contributed by atoms with Crippen LogP contribution in [0.4, 0.5) is 11.4 Å². The summed E-state index contributed by atoms with van der Waals surface area (Å²) < 4.78 is 22.5. The van der Waals surface area contributed by atoms with Gasteiger partial charge in [0, 0.05) is 24.3 Å². The molecule has 0 aliphatic carbocycles. The summed E-state index contributed by atoms with van der Waals surface area (Å²) in [6.45, 7) is 4.72. The molecule has 0 aromatic heterocycles. The molecule has 0 atom stereocenters. The second-order valence-electron chi connectivity index (χ2n) is 6.59. The summed E-state index contributed by atoms with van der Waals surface area (Å²) in [6, 6.07) is 14.1. The highest BCUT2D eigenvalue weighted by Crippen LogP contribution is 2.15. The summed E-state index contributed by atoms with van der Waals surface area (Å²) in [6.07, 6.45) is 1.25. The molecule has 0 bridgehead atoms. The van der Waals surface area contributed by atoms with Crippen LogP contribution >= 0.6 is 0 Å². The Hall–Kier alpha value is -2.38. The van der Waals surface area contributed by atoms with Gasteiger partial charge in [-0.15, -0.1) is 0 Å². The van der Waals surface area contributed by atoms with Crippen molar-refractivity contribution in [1.29, 1.82) is 0 Å². The quantitative estimate of drug-likeness (QED) is 0.660. The van der Waals surface area contributed by atoms with Crippen molar-refractivity contribution in [2.24, 2.45) is 11.1 Å². The molecule has 0 radical (unpaired) electrons. The average Bonchev–Trinajstić information content (AvgIpc) is 2.55. The van der Waals surface area contributed by atoms with Crippen molar-refractivity contribution < 1.29 is 13.2 Å². The number of nitrogens with two attached hydrogens (primary N) is 1. The predicted octanol–water partition coefficient (Wildman–Crippen LogP) is 2.97. The van der Waals surface area contributed by atoms with Crippen LogP contribution in [-0.2, 0) is 21.2 Å². The fraction of sp³-hybridized carbons (Fsp3) is 0.316. The molecule has 6 nitrogen and oxygen atoms in total. The summed E-state index contributed by atoms with van der Waals surface area (Å²) in [4.78, 5) is 11.9. The minimum atomic E-state index is -3.65. The molecule has 0 unspecified atom stereocenters. The maximum Gasteiger partial charge on any atom is 0.238 e. The third-order valence-corrected chi connectivity index (χ3v) is 4.69. The minimum absolute atomic E-state index is 0.0173. The summed E-state index contributed by atoms with van der Waals surface area (Å²) in [5, 5.41) is 11.3. The SMILES string of the molecule is CC(C)CC(=O)Nc1ccc(NCCc2ccc(S(N)(=O)=O)cc2)cc1. The van der Waals surface area contributed by atoms with Gasteiger partial charge in [-0.1, -0.05) is 26.0 Å². The van der Waals surface area contributed by atoms with E-state index in [9.17, 15) is 13.2 Å². The zero-order chi connectivity index (χ0) is 19.2. The molecule has 0 saturated heterocycles. The van der Waals surface area contributed by atoms with E-state index in [4.69, 9.17) is 5.14 Å². The lowest BCUT2D eigenvalue weighted by Crippen LogP contribution is -2.13. The summed E-state index contributed by atoms with van der Waals surface area (Å²) in [5.74, 6) is 0.346. The summed E-state index contributed by atoms with van der Waals surface area (Å²) >= 11 is 0. The Morgan fingerprint density at radius 2 is 1.58 bits per heavy atom. The molecule has 26 heavy (non-hydrogen) atoms. The highest BCUT2D eigenvalue weighted by atomic mass is 32.2. The van der Waals surface area contributed by atoms with Gasteiger partial charge in [0.25, 0.3) is 0 Å². The van der Waals surface area contributed by atoms with E-state index in [1.54, 1.807) is 12.1 Å². The lowest BCUT2D eigenvalue weighted by Gasteiger charge is -2.10. The Morgan fingerprint density at radius 1 is 1.00 bits per heavy atom. The van der Waals surface area contributed by atoms with E-state index in [0.717, 1.165) is 23.4 Å². The second kappa shape index (κ2) is 8.82. The Balaban J connectivity index is 1.82. The van der Waals surface area contributed by atoms with E-state index in [-0.39, 0.29) is 10.8 Å². The second-order valence-corrected chi connectivity index (χ2v) is 8.15. The van der Waals surface area contributed by atoms with E-state index < -0.39 is 10.0 Å².